The SMILES string of the molecule is Cc1ccc(C)c(N2CCN(C(=O)[C@H](C)n3sc4ccccc4c3=O)CC2)c1. The first-order valence-corrected chi connectivity index (χ1v) is 10.4. The van der Waals surface area contributed by atoms with Crippen LogP contribution >= 0.6 is 11.5 Å². The molecule has 0 saturated carbocycles. The minimum atomic E-state index is -0.475. The highest BCUT2D eigenvalue weighted by Gasteiger charge is 2.28. The lowest BCUT2D eigenvalue weighted by atomic mass is 10.1. The molecular weight excluding hydrogens is 370 g/mol. The van der Waals surface area contributed by atoms with Crippen LogP contribution in [-0.2, 0) is 4.79 Å². The molecule has 5 nitrogen and oxygen atoms in total. The van der Waals surface area contributed by atoms with E-state index in [1.165, 1.54) is 28.3 Å². The van der Waals surface area contributed by atoms with E-state index in [1.54, 1.807) is 3.96 Å². The van der Waals surface area contributed by atoms with E-state index in [2.05, 4.69) is 36.9 Å². The van der Waals surface area contributed by atoms with Gasteiger partial charge in [0.25, 0.3) is 5.56 Å². The second kappa shape index (κ2) is 7.43. The number of piperazine rings is 1. The van der Waals surface area contributed by atoms with E-state index in [4.69, 9.17) is 0 Å². The number of nitrogens with zero attached hydrogens (tertiary/aromatic N) is 3. The third-order valence-electron chi connectivity index (χ3n) is 5.52. The largest absolute Gasteiger partial charge is 0.368 e. The predicted octanol–water partition coefficient (Wildman–Crippen LogP) is 3.59. The van der Waals surface area contributed by atoms with Crippen molar-refractivity contribution in [3.8, 4) is 0 Å². The molecule has 1 aromatic heterocycles. The van der Waals surface area contributed by atoms with Crippen molar-refractivity contribution in [3.05, 3.63) is 63.9 Å². The third kappa shape index (κ3) is 3.33. The molecule has 2 heterocycles. The van der Waals surface area contributed by atoms with E-state index in [0.717, 1.165) is 17.8 Å². The molecule has 0 radical (unpaired) electrons. The Balaban J connectivity index is 1.48. The molecule has 0 spiro atoms. The smallest absolute Gasteiger partial charge is 0.269 e. The zero-order valence-corrected chi connectivity index (χ0v) is 17.3. The van der Waals surface area contributed by atoms with Crippen molar-refractivity contribution in [2.24, 2.45) is 0 Å². The van der Waals surface area contributed by atoms with Crippen LogP contribution in [0.1, 0.15) is 24.1 Å². The quantitative estimate of drug-likeness (QED) is 0.681. The highest BCUT2D eigenvalue weighted by atomic mass is 32.1. The van der Waals surface area contributed by atoms with Gasteiger partial charge in [0.15, 0.2) is 0 Å². The number of rotatable bonds is 3. The van der Waals surface area contributed by atoms with Crippen molar-refractivity contribution in [1.29, 1.82) is 0 Å². The lowest BCUT2D eigenvalue weighted by Gasteiger charge is -2.37. The van der Waals surface area contributed by atoms with Gasteiger partial charge in [-0.1, -0.05) is 35.8 Å². The molecule has 0 N–H and O–H groups in total. The number of hydrogen-bond donors (Lipinski definition) is 0. The van der Waals surface area contributed by atoms with Gasteiger partial charge in [0.1, 0.15) is 6.04 Å². The van der Waals surface area contributed by atoms with Gasteiger partial charge in [0.2, 0.25) is 5.91 Å². The summed E-state index contributed by atoms with van der Waals surface area (Å²) in [5, 5.41) is 0.687. The van der Waals surface area contributed by atoms with Gasteiger partial charge < -0.3 is 9.80 Å². The average molecular weight is 396 g/mol. The number of aryl methyl sites for hydroxylation is 2. The predicted molar refractivity (Wildman–Crippen MR) is 116 cm³/mol. The van der Waals surface area contributed by atoms with Crippen molar-refractivity contribution in [2.45, 2.75) is 26.8 Å². The Morgan fingerprint density at radius 3 is 2.46 bits per heavy atom. The van der Waals surface area contributed by atoms with Gasteiger partial charge in [-0.15, -0.1) is 0 Å². The zero-order chi connectivity index (χ0) is 19.8. The second-order valence-electron chi connectivity index (χ2n) is 7.50. The van der Waals surface area contributed by atoms with Crippen molar-refractivity contribution < 1.29 is 4.79 Å². The van der Waals surface area contributed by atoms with E-state index < -0.39 is 6.04 Å². The summed E-state index contributed by atoms with van der Waals surface area (Å²) in [5.41, 5.74) is 3.68. The van der Waals surface area contributed by atoms with E-state index in [0.29, 0.717) is 18.5 Å². The van der Waals surface area contributed by atoms with Gasteiger partial charge in [-0.3, -0.25) is 13.5 Å². The summed E-state index contributed by atoms with van der Waals surface area (Å²) >= 11 is 1.37. The van der Waals surface area contributed by atoms with E-state index in [1.807, 2.05) is 36.1 Å². The number of benzene rings is 2. The van der Waals surface area contributed by atoms with Crippen LogP contribution in [0.2, 0.25) is 0 Å². The molecule has 1 aliphatic heterocycles. The standard InChI is InChI=1S/C22H25N3O2S/c1-15-8-9-16(2)19(14-15)23-10-12-24(13-11-23)21(26)17(3)25-22(27)18-6-4-5-7-20(18)28-25/h4-9,14,17H,10-13H2,1-3H3/t17-/m0/s1. The Morgan fingerprint density at radius 1 is 1.04 bits per heavy atom. The van der Waals surface area contributed by atoms with Crippen LogP contribution in [0.15, 0.2) is 47.3 Å². The van der Waals surface area contributed by atoms with Gasteiger partial charge in [0, 0.05) is 31.9 Å². The summed E-state index contributed by atoms with van der Waals surface area (Å²) < 4.78 is 2.54. The number of aromatic nitrogens is 1. The molecule has 6 heteroatoms. The summed E-state index contributed by atoms with van der Waals surface area (Å²) in [6.45, 7) is 9.03. The van der Waals surface area contributed by atoms with Crippen LogP contribution in [0.25, 0.3) is 10.1 Å². The monoisotopic (exact) mass is 395 g/mol. The summed E-state index contributed by atoms with van der Waals surface area (Å²) in [5.74, 6) is 0.0225. The number of fused-ring (bicyclic) bond motifs is 1. The molecule has 28 heavy (non-hydrogen) atoms. The van der Waals surface area contributed by atoms with Crippen molar-refractivity contribution in [2.75, 3.05) is 31.1 Å². The van der Waals surface area contributed by atoms with E-state index >= 15 is 0 Å². The molecule has 2 aromatic carbocycles. The first-order chi connectivity index (χ1) is 13.5. The molecule has 1 amide bonds. The second-order valence-corrected chi connectivity index (χ2v) is 8.51. The Labute approximate surface area is 169 Å². The fourth-order valence-electron chi connectivity index (χ4n) is 3.84. The Kier molecular flexibility index (Phi) is 4.98. The maximum Gasteiger partial charge on any atom is 0.269 e. The number of hydrogen-bond acceptors (Lipinski definition) is 4. The van der Waals surface area contributed by atoms with Crippen molar-refractivity contribution >= 4 is 33.2 Å². The van der Waals surface area contributed by atoms with E-state index in [9.17, 15) is 9.59 Å². The van der Waals surface area contributed by atoms with Gasteiger partial charge >= 0.3 is 0 Å². The average Bonchev–Trinajstić information content (AvgIpc) is 3.06. The fourth-order valence-corrected chi connectivity index (χ4v) is 4.87. The molecule has 1 atom stereocenters. The lowest BCUT2D eigenvalue weighted by molar-refractivity contribution is -0.134. The minimum absolute atomic E-state index is 0.0225. The maximum atomic E-state index is 13.0. The lowest BCUT2D eigenvalue weighted by Crippen LogP contribution is -2.50. The van der Waals surface area contributed by atoms with Gasteiger partial charge in [-0.05, 0) is 50.1 Å². The number of carbonyl (C=O) groups excluding carboxylic acids is 1. The molecular formula is C22H25N3O2S. The summed E-state index contributed by atoms with van der Waals surface area (Å²) in [4.78, 5) is 29.9. The molecule has 146 valence electrons. The molecule has 1 fully saturated rings. The van der Waals surface area contributed by atoms with Gasteiger partial charge in [-0.25, -0.2) is 0 Å². The Morgan fingerprint density at radius 2 is 1.75 bits per heavy atom. The topological polar surface area (TPSA) is 45.5 Å². The normalized spacial score (nSPS) is 15.8. The zero-order valence-electron chi connectivity index (χ0n) is 16.5. The van der Waals surface area contributed by atoms with Crippen LogP contribution in [0, 0.1) is 13.8 Å². The molecule has 4 rings (SSSR count). The van der Waals surface area contributed by atoms with E-state index in [-0.39, 0.29) is 11.5 Å². The summed E-state index contributed by atoms with van der Waals surface area (Å²) in [6.07, 6.45) is 0. The highest BCUT2D eigenvalue weighted by molar-refractivity contribution is 7.14. The van der Waals surface area contributed by atoms with Crippen LogP contribution in [0.5, 0.6) is 0 Å². The molecule has 0 aliphatic carbocycles. The number of carbonyl (C=O) groups is 1. The van der Waals surface area contributed by atoms with Crippen molar-refractivity contribution in [3.63, 3.8) is 0 Å². The molecule has 1 saturated heterocycles. The van der Waals surface area contributed by atoms with Gasteiger partial charge in [-0.2, -0.15) is 0 Å². The van der Waals surface area contributed by atoms with Gasteiger partial charge in [0.05, 0.1) is 10.1 Å². The molecule has 3 aromatic rings. The Bertz CT molecular complexity index is 1080. The summed E-state index contributed by atoms with van der Waals surface area (Å²) in [7, 11) is 0. The van der Waals surface area contributed by atoms with Crippen LogP contribution in [-0.4, -0.2) is 40.9 Å². The summed E-state index contributed by atoms with van der Waals surface area (Å²) in [6, 6.07) is 13.6. The third-order valence-corrected chi connectivity index (χ3v) is 6.75. The van der Waals surface area contributed by atoms with Crippen LogP contribution < -0.4 is 10.5 Å². The highest BCUT2D eigenvalue weighted by Crippen LogP contribution is 2.24. The molecule has 0 unspecified atom stereocenters. The first kappa shape index (κ1) is 18.7. The number of amides is 1. The first-order valence-electron chi connectivity index (χ1n) is 9.67. The minimum Gasteiger partial charge on any atom is -0.368 e. The van der Waals surface area contributed by atoms with Crippen LogP contribution in [0.4, 0.5) is 5.69 Å². The van der Waals surface area contributed by atoms with Crippen LogP contribution in [0.3, 0.4) is 0 Å². The molecule has 0 bridgehead atoms. The van der Waals surface area contributed by atoms with Crippen molar-refractivity contribution in [1.82, 2.24) is 8.86 Å². The Hall–Kier alpha value is -2.60. The number of anilines is 1. The molecule has 1 aliphatic rings. The maximum absolute atomic E-state index is 13.0. The fraction of sp³-hybridized carbons (Fsp3) is 0.364.